The van der Waals surface area contributed by atoms with E-state index in [9.17, 15) is 9.59 Å². The Morgan fingerprint density at radius 1 is 1.03 bits per heavy atom. The average molecular weight is 438 g/mol. The van der Waals surface area contributed by atoms with Crippen LogP contribution in [0.1, 0.15) is 41.5 Å². The summed E-state index contributed by atoms with van der Waals surface area (Å²) in [5.74, 6) is 2.46. The zero-order valence-corrected chi connectivity index (χ0v) is 18.4. The first-order valence-electron chi connectivity index (χ1n) is 10.5. The summed E-state index contributed by atoms with van der Waals surface area (Å²) < 4.78 is 21.8. The first kappa shape index (κ1) is 21.5. The summed E-state index contributed by atoms with van der Waals surface area (Å²) in [6.07, 6.45) is 1.44. The van der Waals surface area contributed by atoms with Crippen molar-refractivity contribution in [1.29, 1.82) is 0 Å². The molecule has 32 heavy (non-hydrogen) atoms. The third-order valence-corrected chi connectivity index (χ3v) is 5.23. The van der Waals surface area contributed by atoms with Crippen LogP contribution in [0.3, 0.4) is 0 Å². The Labute approximate surface area is 186 Å². The van der Waals surface area contributed by atoms with E-state index in [1.165, 1.54) is 11.2 Å². The lowest BCUT2D eigenvalue weighted by atomic mass is 10.1. The van der Waals surface area contributed by atoms with E-state index in [-0.39, 0.29) is 43.5 Å². The molecule has 1 aliphatic heterocycles. The second-order valence-corrected chi connectivity index (χ2v) is 7.95. The maximum absolute atomic E-state index is 13.4. The summed E-state index contributed by atoms with van der Waals surface area (Å²) in [5, 5.41) is 0. The average Bonchev–Trinajstić information content (AvgIpc) is 3.52. The van der Waals surface area contributed by atoms with Crippen LogP contribution in [-0.2, 0) is 17.9 Å². The number of carbonyl (C=O) groups excluding carboxylic acids is 2. The van der Waals surface area contributed by atoms with Gasteiger partial charge in [-0.1, -0.05) is 6.07 Å². The Morgan fingerprint density at radius 3 is 2.53 bits per heavy atom. The molecule has 4 rings (SSSR count). The van der Waals surface area contributed by atoms with Crippen LogP contribution in [0.25, 0.3) is 0 Å². The fourth-order valence-corrected chi connectivity index (χ4v) is 3.53. The summed E-state index contributed by atoms with van der Waals surface area (Å²) >= 11 is 0. The normalized spacial score (nSPS) is 12.2. The highest BCUT2D eigenvalue weighted by molar-refractivity contribution is 5.94. The van der Waals surface area contributed by atoms with Gasteiger partial charge in [0.25, 0.3) is 5.91 Å². The Kier molecular flexibility index (Phi) is 6.20. The molecule has 0 atom stereocenters. The number of aryl methyl sites for hydroxylation is 1. The van der Waals surface area contributed by atoms with Crippen LogP contribution in [0, 0.1) is 6.92 Å². The molecule has 0 saturated heterocycles. The van der Waals surface area contributed by atoms with Gasteiger partial charge in [0.05, 0.1) is 12.8 Å². The van der Waals surface area contributed by atoms with E-state index >= 15 is 0 Å². The van der Waals surface area contributed by atoms with Crippen molar-refractivity contribution in [3.8, 4) is 11.5 Å². The molecular weight excluding hydrogens is 412 g/mol. The van der Waals surface area contributed by atoms with Gasteiger partial charge in [-0.25, -0.2) is 0 Å². The lowest BCUT2D eigenvalue weighted by Crippen LogP contribution is -2.45. The maximum Gasteiger partial charge on any atom is 0.290 e. The molecule has 0 radical (unpaired) electrons. The second-order valence-electron chi connectivity index (χ2n) is 7.95. The quantitative estimate of drug-likeness (QED) is 0.529. The van der Waals surface area contributed by atoms with Crippen molar-refractivity contribution in [3.05, 3.63) is 71.6 Å². The third-order valence-electron chi connectivity index (χ3n) is 5.23. The van der Waals surface area contributed by atoms with E-state index in [2.05, 4.69) is 0 Å². The van der Waals surface area contributed by atoms with E-state index in [0.29, 0.717) is 23.8 Å². The van der Waals surface area contributed by atoms with Crippen molar-refractivity contribution in [2.75, 3.05) is 13.3 Å². The van der Waals surface area contributed by atoms with Gasteiger partial charge in [0, 0.05) is 12.6 Å². The molecule has 2 amide bonds. The lowest BCUT2D eigenvalue weighted by molar-refractivity contribution is -0.133. The van der Waals surface area contributed by atoms with Crippen molar-refractivity contribution in [2.24, 2.45) is 0 Å². The number of ether oxygens (including phenoxy) is 2. The number of fused-ring (bicyclic) bond motifs is 1. The molecule has 8 heteroatoms. The Hall–Kier alpha value is -3.68. The fourth-order valence-electron chi connectivity index (χ4n) is 3.53. The number of hydrogen-bond donors (Lipinski definition) is 0. The van der Waals surface area contributed by atoms with Crippen molar-refractivity contribution >= 4 is 11.8 Å². The number of benzene rings is 1. The highest BCUT2D eigenvalue weighted by atomic mass is 16.7. The first-order chi connectivity index (χ1) is 15.4. The zero-order valence-electron chi connectivity index (χ0n) is 18.4. The van der Waals surface area contributed by atoms with Gasteiger partial charge in [-0.15, -0.1) is 0 Å². The molecule has 8 nitrogen and oxygen atoms in total. The van der Waals surface area contributed by atoms with Crippen LogP contribution in [-0.4, -0.2) is 41.0 Å². The molecule has 168 valence electrons. The van der Waals surface area contributed by atoms with E-state index in [4.69, 9.17) is 18.3 Å². The summed E-state index contributed by atoms with van der Waals surface area (Å²) in [5.41, 5.74) is 0.888. The fraction of sp³-hybridized carbons (Fsp3) is 0.333. The summed E-state index contributed by atoms with van der Waals surface area (Å²) in [6.45, 7) is 6.30. The number of hydrogen-bond acceptors (Lipinski definition) is 6. The predicted molar refractivity (Wildman–Crippen MR) is 115 cm³/mol. The lowest BCUT2D eigenvalue weighted by Gasteiger charge is -2.29. The molecule has 1 aliphatic rings. The molecule has 0 bridgehead atoms. The number of amides is 2. The van der Waals surface area contributed by atoms with Crippen LogP contribution < -0.4 is 9.47 Å². The monoisotopic (exact) mass is 438 g/mol. The first-order valence-corrected chi connectivity index (χ1v) is 10.5. The van der Waals surface area contributed by atoms with Gasteiger partial charge in [-0.05, 0) is 62.7 Å². The minimum absolute atomic E-state index is 0.0819. The SMILES string of the molecule is Cc1ccc(CN(Cc2ccc3c(c2)OCO3)C(=O)CN(C(=O)c2ccco2)C(C)C)o1. The third kappa shape index (κ3) is 4.80. The van der Waals surface area contributed by atoms with Gasteiger partial charge >= 0.3 is 0 Å². The van der Waals surface area contributed by atoms with E-state index in [1.54, 1.807) is 17.0 Å². The predicted octanol–water partition coefficient (Wildman–Crippen LogP) is 3.99. The van der Waals surface area contributed by atoms with Crippen molar-refractivity contribution in [1.82, 2.24) is 9.80 Å². The number of carbonyl (C=O) groups is 2. The van der Waals surface area contributed by atoms with Gasteiger partial charge in [0.15, 0.2) is 17.3 Å². The number of rotatable bonds is 8. The molecule has 0 fully saturated rings. The maximum atomic E-state index is 13.4. The van der Waals surface area contributed by atoms with Crippen molar-refractivity contribution in [2.45, 2.75) is 39.9 Å². The topological polar surface area (TPSA) is 85.4 Å². The molecule has 0 unspecified atom stereocenters. The van der Waals surface area contributed by atoms with E-state index in [1.807, 2.05) is 51.1 Å². The number of nitrogens with zero attached hydrogens (tertiary/aromatic N) is 2. The molecule has 3 heterocycles. The van der Waals surface area contributed by atoms with Crippen LogP contribution in [0.5, 0.6) is 11.5 Å². The molecule has 3 aromatic rings. The summed E-state index contributed by atoms with van der Waals surface area (Å²) in [7, 11) is 0. The summed E-state index contributed by atoms with van der Waals surface area (Å²) in [4.78, 5) is 29.4. The minimum Gasteiger partial charge on any atom is -0.464 e. The minimum atomic E-state index is -0.324. The Morgan fingerprint density at radius 2 is 1.84 bits per heavy atom. The Bertz CT molecular complexity index is 1090. The molecule has 0 saturated carbocycles. The van der Waals surface area contributed by atoms with E-state index in [0.717, 1.165) is 11.3 Å². The van der Waals surface area contributed by atoms with Gasteiger partial charge in [-0.3, -0.25) is 9.59 Å². The number of furan rings is 2. The van der Waals surface area contributed by atoms with Crippen LogP contribution >= 0.6 is 0 Å². The van der Waals surface area contributed by atoms with Crippen LogP contribution in [0.2, 0.25) is 0 Å². The van der Waals surface area contributed by atoms with Gasteiger partial charge < -0.3 is 28.1 Å². The van der Waals surface area contributed by atoms with Gasteiger partial charge in [0.1, 0.15) is 18.1 Å². The smallest absolute Gasteiger partial charge is 0.290 e. The molecule has 0 aliphatic carbocycles. The standard InChI is InChI=1S/C24H26N2O6/c1-16(2)26(24(28)21-5-4-10-29-21)14-23(27)25(13-19-8-6-17(3)32-19)12-18-7-9-20-22(11-18)31-15-30-20/h4-11,16H,12-15H2,1-3H3. The zero-order chi connectivity index (χ0) is 22.7. The highest BCUT2D eigenvalue weighted by Gasteiger charge is 2.27. The molecule has 2 aromatic heterocycles. The van der Waals surface area contributed by atoms with Crippen molar-refractivity contribution < 1.29 is 27.9 Å². The molecule has 0 spiro atoms. The molecule has 1 aromatic carbocycles. The van der Waals surface area contributed by atoms with Crippen molar-refractivity contribution in [3.63, 3.8) is 0 Å². The largest absolute Gasteiger partial charge is 0.464 e. The van der Waals surface area contributed by atoms with E-state index < -0.39 is 0 Å². The second kappa shape index (κ2) is 9.21. The molecular formula is C24H26N2O6. The van der Waals surface area contributed by atoms with Gasteiger partial charge in [-0.2, -0.15) is 0 Å². The highest BCUT2D eigenvalue weighted by Crippen LogP contribution is 2.33. The van der Waals surface area contributed by atoms with Gasteiger partial charge in [0.2, 0.25) is 12.7 Å². The van der Waals surface area contributed by atoms with Crippen LogP contribution in [0.4, 0.5) is 0 Å². The summed E-state index contributed by atoms with van der Waals surface area (Å²) in [6, 6.07) is 12.4. The molecule has 0 N–H and O–H groups in total. The van der Waals surface area contributed by atoms with Crippen LogP contribution in [0.15, 0.2) is 57.6 Å². The Balaban J connectivity index is 1.55.